The largest absolute Gasteiger partial charge is 0.469 e. The van der Waals surface area contributed by atoms with E-state index in [4.69, 9.17) is 4.52 Å². The number of carbonyl (C=O) groups is 1. The fourth-order valence-corrected chi connectivity index (χ4v) is 9.18. The van der Waals surface area contributed by atoms with Gasteiger partial charge >= 0.3 is 7.82 Å². The molecule has 0 aromatic heterocycles. The van der Waals surface area contributed by atoms with Crippen molar-refractivity contribution in [1.82, 2.24) is 0 Å². The quantitative estimate of drug-likeness (QED) is 0.227. The molecule has 0 spiro atoms. The first-order valence-electron chi connectivity index (χ1n) is 13.7. The molecule has 4 aliphatic rings. The Morgan fingerprint density at radius 1 is 1.13 bits per heavy atom. The van der Waals surface area contributed by atoms with Gasteiger partial charge in [0.05, 0.1) is 35.1 Å². The molecule has 11 heteroatoms. The number of hydrogen-bond acceptors (Lipinski definition) is 8. The fraction of sp³-hybridized carbons (Fsp3) is 0.889. The van der Waals surface area contributed by atoms with E-state index in [-0.39, 0.29) is 31.0 Å². The van der Waals surface area contributed by atoms with Crippen LogP contribution in [-0.4, -0.2) is 76.2 Å². The SMILES string of the molecule is CC(C)(O)CC[C@@H](O)[C@](C)(O)[C@H]1CC[C@@]2(O)C3=CC(=O)C4C[C@H](OP(=O)(O)O)[C@@H](O)C[C@]4(C)C3CC[C@]12C. The van der Waals surface area contributed by atoms with Gasteiger partial charge in [0.2, 0.25) is 0 Å². The molecule has 0 saturated heterocycles. The lowest BCUT2D eigenvalue weighted by molar-refractivity contribution is -0.176. The molecule has 7 N–H and O–H groups in total. The minimum atomic E-state index is -4.85. The number of aliphatic hydroxyl groups excluding tert-OH is 2. The molecule has 0 radical (unpaired) electrons. The minimum absolute atomic E-state index is 0.0255. The molecule has 2 unspecified atom stereocenters. The van der Waals surface area contributed by atoms with Crippen LogP contribution in [0.15, 0.2) is 11.6 Å². The maximum Gasteiger partial charge on any atom is 0.469 e. The van der Waals surface area contributed by atoms with E-state index in [1.165, 1.54) is 6.08 Å². The molecule has 38 heavy (non-hydrogen) atoms. The summed E-state index contributed by atoms with van der Waals surface area (Å²) in [5.74, 6) is -1.58. The Balaban J connectivity index is 1.64. The van der Waals surface area contributed by atoms with E-state index in [1.807, 2.05) is 13.8 Å². The van der Waals surface area contributed by atoms with Crippen LogP contribution in [0, 0.1) is 28.6 Å². The topological polar surface area (TPSA) is 185 Å². The van der Waals surface area contributed by atoms with Gasteiger partial charge in [0.15, 0.2) is 5.78 Å². The predicted molar refractivity (Wildman–Crippen MR) is 138 cm³/mol. The first kappa shape index (κ1) is 30.3. The van der Waals surface area contributed by atoms with Crippen LogP contribution in [0.5, 0.6) is 0 Å². The molecule has 3 saturated carbocycles. The van der Waals surface area contributed by atoms with E-state index in [0.29, 0.717) is 37.7 Å². The van der Waals surface area contributed by atoms with Gasteiger partial charge in [0.1, 0.15) is 0 Å². The van der Waals surface area contributed by atoms with Crippen LogP contribution < -0.4 is 0 Å². The van der Waals surface area contributed by atoms with Gasteiger partial charge in [-0.2, -0.15) is 0 Å². The second-order valence-corrected chi connectivity index (χ2v) is 14.9. The number of carbonyl (C=O) groups excluding carboxylic acids is 1. The highest BCUT2D eigenvalue weighted by Crippen LogP contribution is 2.69. The molecule has 4 rings (SSSR count). The van der Waals surface area contributed by atoms with Gasteiger partial charge < -0.3 is 35.3 Å². The van der Waals surface area contributed by atoms with Crippen molar-refractivity contribution < 1.29 is 49.2 Å². The third kappa shape index (κ3) is 4.88. The summed E-state index contributed by atoms with van der Waals surface area (Å²) < 4.78 is 16.2. The summed E-state index contributed by atoms with van der Waals surface area (Å²) >= 11 is 0. The van der Waals surface area contributed by atoms with Crippen LogP contribution >= 0.6 is 7.82 Å². The summed E-state index contributed by atoms with van der Waals surface area (Å²) in [6.07, 6.45) is 0.472. The van der Waals surface area contributed by atoms with Crippen molar-refractivity contribution in [3.63, 3.8) is 0 Å². The van der Waals surface area contributed by atoms with Crippen LogP contribution in [0.4, 0.5) is 0 Å². The zero-order chi connectivity index (χ0) is 28.7. The van der Waals surface area contributed by atoms with Gasteiger partial charge in [-0.05, 0) is 101 Å². The van der Waals surface area contributed by atoms with Gasteiger partial charge in [-0.25, -0.2) is 4.57 Å². The van der Waals surface area contributed by atoms with E-state index in [0.717, 1.165) is 0 Å². The standard InChI is InChI=1S/C27H45O10P/c1-23(2,31)9-8-22(30)26(5,32)21-7-11-27(33)16-12-18(28)17-13-20(37-38(34,35)36)19(29)14-24(17,3)15(16)6-10-25(21,27)4/h12,15,17,19-22,29-33H,6-11,13-14H2,1-5H3,(H2,34,35,36)/t15?,17?,19-,20-,21-,22+,24+,25+,26+,27+/m0/s1. The lowest BCUT2D eigenvalue weighted by Crippen LogP contribution is -2.63. The predicted octanol–water partition coefficient (Wildman–Crippen LogP) is 1.97. The molecule has 4 aliphatic carbocycles. The second-order valence-electron chi connectivity index (χ2n) is 13.8. The molecular formula is C27H45O10P. The molecule has 10 nitrogen and oxygen atoms in total. The summed E-state index contributed by atoms with van der Waals surface area (Å²) in [6, 6.07) is 0. The molecule has 0 aromatic carbocycles. The molecule has 10 atom stereocenters. The van der Waals surface area contributed by atoms with Crippen molar-refractivity contribution in [3.05, 3.63) is 11.6 Å². The lowest BCUT2D eigenvalue weighted by Gasteiger charge is -2.61. The average molecular weight is 561 g/mol. The first-order valence-corrected chi connectivity index (χ1v) is 15.2. The molecule has 0 aromatic rings. The molecule has 0 amide bonds. The Kier molecular flexibility index (Phi) is 7.51. The van der Waals surface area contributed by atoms with E-state index >= 15 is 0 Å². The van der Waals surface area contributed by atoms with Crippen LogP contribution in [0.3, 0.4) is 0 Å². The maximum absolute atomic E-state index is 13.5. The third-order valence-electron chi connectivity index (χ3n) is 10.8. The zero-order valence-corrected chi connectivity index (χ0v) is 23.9. The number of aliphatic hydroxyl groups is 5. The Hall–Kier alpha value is -0.680. The van der Waals surface area contributed by atoms with Crippen molar-refractivity contribution >= 4 is 13.6 Å². The monoisotopic (exact) mass is 560 g/mol. The van der Waals surface area contributed by atoms with Gasteiger partial charge in [0, 0.05) is 11.3 Å². The van der Waals surface area contributed by atoms with E-state index in [2.05, 4.69) is 0 Å². The highest BCUT2D eigenvalue weighted by molar-refractivity contribution is 7.46. The van der Waals surface area contributed by atoms with Crippen molar-refractivity contribution in [2.75, 3.05) is 0 Å². The van der Waals surface area contributed by atoms with Crippen LogP contribution in [0.25, 0.3) is 0 Å². The number of phosphoric acid groups is 1. The Morgan fingerprint density at radius 3 is 2.34 bits per heavy atom. The van der Waals surface area contributed by atoms with E-state index in [1.54, 1.807) is 20.8 Å². The summed E-state index contributed by atoms with van der Waals surface area (Å²) in [7, 11) is -4.85. The van der Waals surface area contributed by atoms with E-state index < -0.39 is 65.6 Å². The molecule has 3 fully saturated rings. The Morgan fingerprint density at radius 2 is 1.76 bits per heavy atom. The first-order chi connectivity index (χ1) is 17.2. The van der Waals surface area contributed by atoms with Crippen LogP contribution in [-0.2, 0) is 13.9 Å². The molecule has 0 heterocycles. The normalized spacial score (nSPS) is 43.9. The summed E-state index contributed by atoms with van der Waals surface area (Å²) in [4.78, 5) is 32.0. The lowest BCUT2D eigenvalue weighted by atomic mass is 9.45. The number of allylic oxidation sites excluding steroid dienone is 1. The highest BCUT2D eigenvalue weighted by Gasteiger charge is 2.69. The number of rotatable bonds is 7. The summed E-state index contributed by atoms with van der Waals surface area (Å²) in [6.45, 7) is 8.70. The average Bonchev–Trinajstić information content (AvgIpc) is 3.04. The highest BCUT2D eigenvalue weighted by atomic mass is 31.2. The van der Waals surface area contributed by atoms with Crippen molar-refractivity contribution in [2.45, 2.75) is 121 Å². The van der Waals surface area contributed by atoms with Crippen LogP contribution in [0.1, 0.15) is 86.0 Å². The number of fused-ring (bicyclic) bond motifs is 5. The van der Waals surface area contributed by atoms with Gasteiger partial charge in [-0.15, -0.1) is 0 Å². The van der Waals surface area contributed by atoms with Crippen LogP contribution in [0.2, 0.25) is 0 Å². The third-order valence-corrected chi connectivity index (χ3v) is 11.3. The zero-order valence-electron chi connectivity index (χ0n) is 23.0. The molecular weight excluding hydrogens is 515 g/mol. The number of ketones is 1. The van der Waals surface area contributed by atoms with Crippen molar-refractivity contribution in [1.29, 1.82) is 0 Å². The van der Waals surface area contributed by atoms with Gasteiger partial charge in [0.25, 0.3) is 0 Å². The molecule has 218 valence electrons. The van der Waals surface area contributed by atoms with Crippen molar-refractivity contribution in [3.8, 4) is 0 Å². The van der Waals surface area contributed by atoms with E-state index in [9.17, 15) is 44.7 Å². The second kappa shape index (κ2) is 9.43. The number of hydrogen-bond donors (Lipinski definition) is 7. The molecule has 0 bridgehead atoms. The van der Waals surface area contributed by atoms with Crippen molar-refractivity contribution in [2.24, 2.45) is 28.6 Å². The fourth-order valence-electron chi connectivity index (χ4n) is 8.60. The minimum Gasteiger partial charge on any atom is -0.390 e. The Labute approximate surface area is 224 Å². The van der Waals surface area contributed by atoms with Gasteiger partial charge in [-0.3, -0.25) is 9.32 Å². The smallest absolute Gasteiger partial charge is 0.390 e. The Bertz CT molecular complexity index is 1030. The maximum atomic E-state index is 13.5. The molecule has 0 aliphatic heterocycles. The van der Waals surface area contributed by atoms with Gasteiger partial charge in [-0.1, -0.05) is 13.8 Å². The number of phosphoric ester groups is 1. The summed E-state index contributed by atoms with van der Waals surface area (Å²) in [5.41, 5.74) is -4.88. The summed E-state index contributed by atoms with van der Waals surface area (Å²) in [5, 5.41) is 55.8.